The Labute approximate surface area is 69.2 Å². The zero-order valence-corrected chi connectivity index (χ0v) is 6.20. The molecule has 1 aromatic rings. The van der Waals surface area contributed by atoms with E-state index in [0.717, 1.165) is 0 Å². The molecule has 0 aliphatic rings. The van der Waals surface area contributed by atoms with Crippen molar-refractivity contribution in [3.05, 3.63) is 35.4 Å². The van der Waals surface area contributed by atoms with Crippen LogP contribution < -0.4 is 11.5 Å². The van der Waals surface area contributed by atoms with Gasteiger partial charge in [0.05, 0.1) is 11.1 Å². The fourth-order valence-corrected chi connectivity index (χ4v) is 0.846. The van der Waals surface area contributed by atoms with Crippen LogP contribution in [0.4, 0.5) is 0 Å². The van der Waals surface area contributed by atoms with Gasteiger partial charge in [0.1, 0.15) is 0 Å². The molecule has 0 unspecified atom stereocenters. The number of carbonyl (C=O) groups is 2. The molecule has 12 heavy (non-hydrogen) atoms. The Hall–Kier alpha value is -1.84. The molecule has 0 aliphatic carbocycles. The largest absolute Gasteiger partial charge is 0.366 e. The third kappa shape index (κ3) is 1.42. The standard InChI is InChI=1S/C8H7N2O2/c9-7(11)5-3-1-2-4-6(5)8(10)12/h1-3H,(H2,9,11)(H2,10,12). The normalized spacial score (nSPS) is 9.33. The maximum Gasteiger partial charge on any atom is 0.250 e. The molecule has 0 saturated heterocycles. The molecule has 0 fully saturated rings. The number of amides is 2. The summed E-state index contributed by atoms with van der Waals surface area (Å²) >= 11 is 0. The number of carbonyl (C=O) groups excluding carboxylic acids is 2. The summed E-state index contributed by atoms with van der Waals surface area (Å²) in [6, 6.07) is 7.03. The lowest BCUT2D eigenvalue weighted by atomic mass is 10.1. The Morgan fingerprint density at radius 1 is 1.25 bits per heavy atom. The summed E-state index contributed by atoms with van der Waals surface area (Å²) in [5.74, 6) is -1.38. The number of benzene rings is 1. The van der Waals surface area contributed by atoms with Crippen LogP contribution in [-0.4, -0.2) is 11.8 Å². The van der Waals surface area contributed by atoms with Crippen molar-refractivity contribution in [2.75, 3.05) is 0 Å². The smallest absolute Gasteiger partial charge is 0.250 e. The van der Waals surface area contributed by atoms with E-state index < -0.39 is 11.8 Å². The highest BCUT2D eigenvalue weighted by Gasteiger charge is 2.10. The molecule has 1 aromatic carbocycles. The van der Waals surface area contributed by atoms with Crippen molar-refractivity contribution >= 4 is 11.8 Å². The summed E-state index contributed by atoms with van der Waals surface area (Å²) in [6.45, 7) is 0. The first-order valence-corrected chi connectivity index (χ1v) is 3.23. The molecule has 61 valence electrons. The van der Waals surface area contributed by atoms with E-state index in [2.05, 4.69) is 6.07 Å². The van der Waals surface area contributed by atoms with Gasteiger partial charge in [-0.25, -0.2) is 0 Å². The Morgan fingerprint density at radius 2 is 1.92 bits per heavy atom. The number of hydrogen-bond donors (Lipinski definition) is 2. The van der Waals surface area contributed by atoms with Crippen LogP contribution in [0.5, 0.6) is 0 Å². The van der Waals surface area contributed by atoms with Crippen LogP contribution in [0.3, 0.4) is 0 Å². The lowest BCUT2D eigenvalue weighted by molar-refractivity contribution is 0.0967. The fourth-order valence-electron chi connectivity index (χ4n) is 0.846. The van der Waals surface area contributed by atoms with Crippen molar-refractivity contribution in [3.8, 4) is 0 Å². The van der Waals surface area contributed by atoms with Crippen molar-refractivity contribution in [2.45, 2.75) is 0 Å². The SMILES string of the molecule is NC(=O)c1[c]cccc1C(N)=O. The van der Waals surface area contributed by atoms with Gasteiger partial charge in [0.2, 0.25) is 11.8 Å². The predicted molar refractivity (Wildman–Crippen MR) is 42.3 cm³/mol. The maximum atomic E-state index is 10.7. The summed E-state index contributed by atoms with van der Waals surface area (Å²) in [7, 11) is 0. The van der Waals surface area contributed by atoms with E-state index in [1.807, 2.05) is 0 Å². The first-order valence-electron chi connectivity index (χ1n) is 3.23. The zero-order chi connectivity index (χ0) is 9.14. The molecule has 0 spiro atoms. The Balaban J connectivity index is 3.27. The molecule has 1 radical (unpaired) electrons. The molecule has 1 rings (SSSR count). The minimum absolute atomic E-state index is 0.0324. The van der Waals surface area contributed by atoms with Crippen LogP contribution in [0.25, 0.3) is 0 Å². The summed E-state index contributed by atoms with van der Waals surface area (Å²) < 4.78 is 0. The van der Waals surface area contributed by atoms with Crippen molar-refractivity contribution in [1.29, 1.82) is 0 Å². The lowest BCUT2D eigenvalue weighted by Gasteiger charge is -1.99. The fraction of sp³-hybridized carbons (Fsp3) is 0. The minimum atomic E-state index is -0.704. The molecule has 0 atom stereocenters. The molecule has 4 nitrogen and oxygen atoms in total. The van der Waals surface area contributed by atoms with Gasteiger partial charge >= 0.3 is 0 Å². The van der Waals surface area contributed by atoms with E-state index in [1.165, 1.54) is 12.1 Å². The second-order valence-electron chi connectivity index (χ2n) is 2.19. The molecule has 4 N–H and O–H groups in total. The predicted octanol–water partition coefficient (Wildman–Crippen LogP) is -0.315. The molecule has 0 aromatic heterocycles. The number of hydrogen-bond acceptors (Lipinski definition) is 2. The molecule has 0 heterocycles. The van der Waals surface area contributed by atoms with Gasteiger partial charge in [-0.05, 0) is 12.1 Å². The van der Waals surface area contributed by atoms with E-state index in [-0.39, 0.29) is 11.1 Å². The number of nitrogens with two attached hydrogens (primary N) is 2. The van der Waals surface area contributed by atoms with Crippen molar-refractivity contribution in [3.63, 3.8) is 0 Å². The molecule has 4 heteroatoms. The highest BCUT2D eigenvalue weighted by molar-refractivity contribution is 6.05. The maximum absolute atomic E-state index is 10.7. The second kappa shape index (κ2) is 3.04. The van der Waals surface area contributed by atoms with Gasteiger partial charge in [0.15, 0.2) is 0 Å². The van der Waals surface area contributed by atoms with E-state index in [0.29, 0.717) is 0 Å². The van der Waals surface area contributed by atoms with Crippen LogP contribution in [0.1, 0.15) is 20.7 Å². The van der Waals surface area contributed by atoms with Crippen molar-refractivity contribution < 1.29 is 9.59 Å². The third-order valence-corrected chi connectivity index (χ3v) is 1.37. The van der Waals surface area contributed by atoms with Gasteiger partial charge in [-0.15, -0.1) is 0 Å². The highest BCUT2D eigenvalue weighted by atomic mass is 16.2. The Bertz CT molecular complexity index is 301. The Kier molecular flexibility index (Phi) is 2.09. The van der Waals surface area contributed by atoms with E-state index in [9.17, 15) is 9.59 Å². The van der Waals surface area contributed by atoms with Gasteiger partial charge in [-0.2, -0.15) is 0 Å². The van der Waals surface area contributed by atoms with Crippen LogP contribution >= 0.6 is 0 Å². The summed E-state index contributed by atoms with van der Waals surface area (Å²) in [5, 5.41) is 0. The Morgan fingerprint density at radius 3 is 2.33 bits per heavy atom. The van der Waals surface area contributed by atoms with E-state index in [1.54, 1.807) is 6.07 Å². The third-order valence-electron chi connectivity index (χ3n) is 1.37. The van der Waals surface area contributed by atoms with E-state index in [4.69, 9.17) is 11.5 Å². The molecule has 0 saturated carbocycles. The quantitative estimate of drug-likeness (QED) is 0.626. The summed E-state index contributed by atoms with van der Waals surface area (Å²) in [6.07, 6.45) is 0. The van der Waals surface area contributed by atoms with Crippen LogP contribution in [0, 0.1) is 6.07 Å². The average molecular weight is 163 g/mol. The van der Waals surface area contributed by atoms with Crippen molar-refractivity contribution in [1.82, 2.24) is 0 Å². The zero-order valence-electron chi connectivity index (χ0n) is 6.20. The van der Waals surface area contributed by atoms with Gasteiger partial charge in [-0.1, -0.05) is 12.1 Å². The summed E-state index contributed by atoms with van der Waals surface area (Å²) in [4.78, 5) is 21.4. The van der Waals surface area contributed by atoms with Crippen LogP contribution in [-0.2, 0) is 0 Å². The molecular weight excluding hydrogens is 156 g/mol. The first-order chi connectivity index (χ1) is 5.63. The topological polar surface area (TPSA) is 86.2 Å². The van der Waals surface area contributed by atoms with Gasteiger partial charge in [0.25, 0.3) is 0 Å². The van der Waals surface area contributed by atoms with Gasteiger partial charge in [-0.3, -0.25) is 9.59 Å². The molecule has 2 amide bonds. The average Bonchev–Trinajstić information content (AvgIpc) is 2.04. The molecule has 0 bridgehead atoms. The molecular formula is C8H7N2O2. The van der Waals surface area contributed by atoms with Gasteiger partial charge < -0.3 is 11.5 Å². The van der Waals surface area contributed by atoms with Crippen LogP contribution in [0.15, 0.2) is 18.2 Å². The first kappa shape index (κ1) is 8.26. The minimum Gasteiger partial charge on any atom is -0.366 e. The monoisotopic (exact) mass is 163 g/mol. The number of primary amides is 2. The van der Waals surface area contributed by atoms with Gasteiger partial charge in [0, 0.05) is 0 Å². The second-order valence-corrected chi connectivity index (χ2v) is 2.19. The molecule has 0 aliphatic heterocycles. The summed E-state index contributed by atoms with van der Waals surface area (Å²) in [5.41, 5.74) is 10.1. The highest BCUT2D eigenvalue weighted by Crippen LogP contribution is 2.05. The lowest BCUT2D eigenvalue weighted by Crippen LogP contribution is -2.20. The van der Waals surface area contributed by atoms with E-state index >= 15 is 0 Å². The number of rotatable bonds is 2. The van der Waals surface area contributed by atoms with Crippen LogP contribution in [0.2, 0.25) is 0 Å². The van der Waals surface area contributed by atoms with Crippen molar-refractivity contribution in [2.24, 2.45) is 11.5 Å².